The van der Waals surface area contributed by atoms with Gasteiger partial charge in [0.15, 0.2) is 17.3 Å². The van der Waals surface area contributed by atoms with Gasteiger partial charge in [-0.2, -0.15) is 0 Å². The third-order valence-electron chi connectivity index (χ3n) is 4.84. The van der Waals surface area contributed by atoms with Crippen LogP contribution in [0.25, 0.3) is 10.9 Å². The largest absolute Gasteiger partial charge is 0.493 e. The lowest BCUT2D eigenvalue weighted by Gasteiger charge is -2.28. The van der Waals surface area contributed by atoms with Crippen LogP contribution < -0.4 is 20.1 Å². The summed E-state index contributed by atoms with van der Waals surface area (Å²) in [5, 5.41) is 6.36. The molecule has 2 aromatic carbocycles. The summed E-state index contributed by atoms with van der Waals surface area (Å²) < 4.78 is 40.0. The summed E-state index contributed by atoms with van der Waals surface area (Å²) in [6.07, 6.45) is 0.109. The summed E-state index contributed by atoms with van der Waals surface area (Å²) in [6, 6.07) is 6.26. The monoisotopic (exact) mass is 454 g/mol. The molecular weight excluding hydrogens is 437 g/mol. The maximum Gasteiger partial charge on any atom is 0.166 e. The molecule has 3 aromatic rings. The van der Waals surface area contributed by atoms with Crippen molar-refractivity contribution in [3.05, 3.63) is 46.5 Å². The fourth-order valence-corrected chi connectivity index (χ4v) is 3.57. The maximum absolute atomic E-state index is 14.5. The number of nitrogens with zero attached hydrogens (tertiary/aromatic N) is 2. The van der Waals surface area contributed by atoms with Gasteiger partial charge in [0.2, 0.25) is 0 Å². The summed E-state index contributed by atoms with van der Waals surface area (Å²) in [5.74, 6) is 0.397. The first-order valence-corrected chi connectivity index (χ1v) is 9.98. The molecule has 1 aliphatic rings. The quantitative estimate of drug-likeness (QED) is 0.534. The van der Waals surface area contributed by atoms with E-state index in [1.165, 1.54) is 25.6 Å². The fraction of sp³-hybridized carbons (Fsp3) is 0.300. The zero-order valence-corrected chi connectivity index (χ0v) is 17.4. The van der Waals surface area contributed by atoms with E-state index in [2.05, 4.69) is 20.6 Å². The van der Waals surface area contributed by atoms with Crippen molar-refractivity contribution in [2.24, 2.45) is 0 Å². The Bertz CT molecular complexity index is 1090. The number of methoxy groups -OCH3 is 1. The minimum Gasteiger partial charge on any atom is -0.493 e. The van der Waals surface area contributed by atoms with Crippen LogP contribution in [0.3, 0.4) is 0 Å². The molecule has 0 radical (unpaired) electrons. The molecule has 6 nitrogen and oxygen atoms in total. The maximum atomic E-state index is 14.5. The third kappa shape index (κ3) is 4.08. The van der Waals surface area contributed by atoms with Crippen molar-refractivity contribution in [3.8, 4) is 11.5 Å². The Hall–Kier alpha value is -2.42. The standard InChI is InChI=1S/C20H18Cl2F2N4O2/c1-29-16-7-14-10(6-17(16)30-15-4-5-25-8-12(15)23)20(27-9-26-14)28-13-3-2-11(21)18(22)19(13)24/h2-3,6-7,9,12,15,25H,4-5,8H2,1H3,(H,26,27,28)/t12-,15+/m1/s1. The van der Waals surface area contributed by atoms with Gasteiger partial charge in [-0.1, -0.05) is 23.2 Å². The number of piperidine rings is 1. The number of rotatable bonds is 5. The molecular formula is C20H18Cl2F2N4O2. The van der Waals surface area contributed by atoms with Crippen LogP contribution in [0.4, 0.5) is 20.3 Å². The van der Waals surface area contributed by atoms with E-state index in [9.17, 15) is 8.78 Å². The molecule has 1 aromatic heterocycles. The number of anilines is 2. The lowest BCUT2D eigenvalue weighted by atomic mass is 10.1. The van der Waals surface area contributed by atoms with E-state index in [-0.39, 0.29) is 22.3 Å². The van der Waals surface area contributed by atoms with Crippen molar-refractivity contribution in [2.75, 3.05) is 25.5 Å². The first-order valence-electron chi connectivity index (χ1n) is 9.22. The highest BCUT2D eigenvalue weighted by atomic mass is 35.5. The number of halogens is 4. The van der Waals surface area contributed by atoms with Crippen molar-refractivity contribution in [1.29, 1.82) is 0 Å². The van der Waals surface area contributed by atoms with Gasteiger partial charge in [0.05, 0.1) is 28.4 Å². The van der Waals surface area contributed by atoms with Crippen molar-refractivity contribution in [3.63, 3.8) is 0 Å². The normalized spacial score (nSPS) is 19.0. The van der Waals surface area contributed by atoms with Crippen molar-refractivity contribution in [1.82, 2.24) is 15.3 Å². The molecule has 4 rings (SSSR count). The van der Waals surface area contributed by atoms with E-state index in [4.69, 9.17) is 32.7 Å². The third-order valence-corrected chi connectivity index (χ3v) is 5.62. The highest BCUT2D eigenvalue weighted by Gasteiger charge is 2.27. The Morgan fingerprint density at radius 2 is 2.03 bits per heavy atom. The van der Waals surface area contributed by atoms with E-state index in [1.807, 2.05) is 0 Å². The predicted molar refractivity (Wildman–Crippen MR) is 113 cm³/mol. The zero-order chi connectivity index (χ0) is 21.3. The van der Waals surface area contributed by atoms with Crippen LogP contribution in [-0.4, -0.2) is 42.4 Å². The zero-order valence-electron chi connectivity index (χ0n) is 15.9. The molecule has 0 saturated carbocycles. The summed E-state index contributed by atoms with van der Waals surface area (Å²) in [7, 11) is 1.49. The van der Waals surface area contributed by atoms with Gasteiger partial charge in [-0.05, 0) is 31.2 Å². The Kier molecular flexibility index (Phi) is 6.08. The summed E-state index contributed by atoms with van der Waals surface area (Å²) in [6.45, 7) is 0.889. The lowest BCUT2D eigenvalue weighted by Crippen LogP contribution is -2.44. The number of hydrogen-bond donors (Lipinski definition) is 2. The van der Waals surface area contributed by atoms with Gasteiger partial charge in [-0.25, -0.2) is 18.7 Å². The van der Waals surface area contributed by atoms with Gasteiger partial charge in [0.25, 0.3) is 0 Å². The number of alkyl halides is 1. The number of fused-ring (bicyclic) bond motifs is 1. The molecule has 1 aliphatic heterocycles. The molecule has 30 heavy (non-hydrogen) atoms. The van der Waals surface area contributed by atoms with Crippen LogP contribution in [0, 0.1) is 5.82 Å². The average molecular weight is 455 g/mol. The molecule has 1 saturated heterocycles. The Labute approximate surface area is 181 Å². The Balaban J connectivity index is 1.73. The first kappa shape index (κ1) is 20.8. The van der Waals surface area contributed by atoms with Gasteiger partial charge in [0, 0.05) is 18.0 Å². The second-order valence-corrected chi connectivity index (χ2v) is 7.54. The smallest absolute Gasteiger partial charge is 0.166 e. The van der Waals surface area contributed by atoms with Crippen LogP contribution in [0.2, 0.25) is 10.0 Å². The molecule has 2 N–H and O–H groups in total. The van der Waals surface area contributed by atoms with E-state index in [1.54, 1.807) is 12.1 Å². The molecule has 158 valence electrons. The number of benzene rings is 2. The number of nitrogens with one attached hydrogen (secondary N) is 2. The molecule has 0 amide bonds. The molecule has 0 aliphatic carbocycles. The van der Waals surface area contributed by atoms with Gasteiger partial charge >= 0.3 is 0 Å². The van der Waals surface area contributed by atoms with Gasteiger partial charge < -0.3 is 20.1 Å². The summed E-state index contributed by atoms with van der Waals surface area (Å²) in [4.78, 5) is 8.45. The molecule has 0 bridgehead atoms. The van der Waals surface area contributed by atoms with Crippen LogP contribution in [0.1, 0.15) is 6.42 Å². The summed E-state index contributed by atoms with van der Waals surface area (Å²) >= 11 is 11.7. The van der Waals surface area contributed by atoms with Crippen LogP contribution >= 0.6 is 23.2 Å². The highest BCUT2D eigenvalue weighted by Crippen LogP contribution is 2.37. The van der Waals surface area contributed by atoms with Crippen LogP contribution in [0.15, 0.2) is 30.6 Å². The van der Waals surface area contributed by atoms with E-state index < -0.39 is 18.1 Å². The first-order chi connectivity index (χ1) is 14.5. The number of hydrogen-bond acceptors (Lipinski definition) is 6. The molecule has 0 unspecified atom stereocenters. The van der Waals surface area contributed by atoms with Gasteiger partial charge in [0.1, 0.15) is 24.4 Å². The fourth-order valence-electron chi connectivity index (χ4n) is 3.26. The van der Waals surface area contributed by atoms with Crippen molar-refractivity contribution in [2.45, 2.75) is 18.7 Å². The molecule has 1 fully saturated rings. The van der Waals surface area contributed by atoms with E-state index in [0.29, 0.717) is 41.2 Å². The van der Waals surface area contributed by atoms with Crippen LogP contribution in [-0.2, 0) is 0 Å². The minimum absolute atomic E-state index is 0.102. The molecule has 10 heteroatoms. The highest BCUT2D eigenvalue weighted by molar-refractivity contribution is 6.42. The van der Waals surface area contributed by atoms with Gasteiger partial charge in [-0.3, -0.25) is 0 Å². The van der Waals surface area contributed by atoms with Gasteiger partial charge in [-0.15, -0.1) is 0 Å². The van der Waals surface area contributed by atoms with Crippen molar-refractivity contribution >= 4 is 45.6 Å². The van der Waals surface area contributed by atoms with Crippen molar-refractivity contribution < 1.29 is 18.3 Å². The topological polar surface area (TPSA) is 68.3 Å². The van der Waals surface area contributed by atoms with Crippen LogP contribution in [0.5, 0.6) is 11.5 Å². The average Bonchev–Trinajstić information content (AvgIpc) is 2.75. The van der Waals surface area contributed by atoms with E-state index in [0.717, 1.165) is 0 Å². The minimum atomic E-state index is -1.14. The van der Waals surface area contributed by atoms with E-state index >= 15 is 0 Å². The number of ether oxygens (including phenoxy) is 2. The Morgan fingerprint density at radius 3 is 2.80 bits per heavy atom. The molecule has 2 heterocycles. The molecule has 2 atom stereocenters. The second-order valence-electron chi connectivity index (χ2n) is 6.76. The second kappa shape index (κ2) is 8.75. The lowest BCUT2D eigenvalue weighted by molar-refractivity contribution is 0.0709. The summed E-state index contributed by atoms with van der Waals surface area (Å²) in [5.41, 5.74) is 0.643. The SMILES string of the molecule is COc1cc2ncnc(Nc3ccc(Cl)c(Cl)c3F)c2cc1O[C@H]1CCNC[C@H]1F. The Morgan fingerprint density at radius 1 is 1.20 bits per heavy atom. The number of aromatic nitrogens is 2. The predicted octanol–water partition coefficient (Wildman–Crippen LogP) is 4.91. The molecule has 0 spiro atoms.